The third kappa shape index (κ3) is 2.98. The molecule has 2 aromatic carbocycles. The number of hydrogen-bond acceptors (Lipinski definition) is 4. The van der Waals surface area contributed by atoms with Gasteiger partial charge in [-0.15, -0.1) is 11.8 Å². The van der Waals surface area contributed by atoms with E-state index in [4.69, 9.17) is 11.6 Å². The van der Waals surface area contributed by atoms with Crippen LogP contribution >= 0.6 is 23.4 Å². The first-order chi connectivity index (χ1) is 10.9. The van der Waals surface area contributed by atoms with Gasteiger partial charge in [0.1, 0.15) is 5.37 Å². The van der Waals surface area contributed by atoms with Crippen molar-refractivity contribution in [1.29, 1.82) is 0 Å². The van der Waals surface area contributed by atoms with Gasteiger partial charge < -0.3 is 0 Å². The van der Waals surface area contributed by atoms with E-state index in [2.05, 4.69) is 0 Å². The molecule has 0 aliphatic carbocycles. The Bertz CT molecular complexity index is 850. The lowest BCUT2D eigenvalue weighted by molar-refractivity contribution is -0.123. The summed E-state index contributed by atoms with van der Waals surface area (Å²) in [6.07, 6.45) is 0. The van der Waals surface area contributed by atoms with Crippen LogP contribution in [0.5, 0.6) is 0 Å². The summed E-state index contributed by atoms with van der Waals surface area (Å²) in [4.78, 5) is 12.3. The van der Waals surface area contributed by atoms with Crippen molar-refractivity contribution < 1.29 is 13.2 Å². The summed E-state index contributed by atoms with van der Waals surface area (Å²) in [6.45, 7) is 1.87. The van der Waals surface area contributed by atoms with Crippen LogP contribution in [0, 0.1) is 6.92 Å². The third-order valence-electron chi connectivity index (χ3n) is 3.57. The predicted octanol–water partition coefficient (Wildman–Crippen LogP) is 3.61. The van der Waals surface area contributed by atoms with E-state index in [1.807, 2.05) is 6.92 Å². The molecule has 0 N–H and O–H groups in total. The van der Waals surface area contributed by atoms with E-state index in [0.717, 1.165) is 9.87 Å². The van der Waals surface area contributed by atoms with E-state index in [-0.39, 0.29) is 10.6 Å². The number of thioether (sulfide) groups is 1. The maximum absolute atomic E-state index is 12.9. The average molecular weight is 368 g/mol. The van der Waals surface area contributed by atoms with Crippen LogP contribution in [0.15, 0.2) is 53.4 Å². The number of amides is 1. The SMILES string of the molecule is Cc1ccc(S(=O)(=O)N2C(=O)CSC2c2ccccc2Cl)cc1. The quantitative estimate of drug-likeness (QED) is 0.831. The van der Waals surface area contributed by atoms with Crippen LogP contribution in [0.2, 0.25) is 5.02 Å². The zero-order chi connectivity index (χ0) is 16.6. The van der Waals surface area contributed by atoms with Crippen LogP contribution in [-0.2, 0) is 14.8 Å². The van der Waals surface area contributed by atoms with E-state index < -0.39 is 21.3 Å². The summed E-state index contributed by atoms with van der Waals surface area (Å²) < 4.78 is 26.7. The van der Waals surface area contributed by atoms with Gasteiger partial charge in [-0.05, 0) is 25.1 Å². The number of halogens is 1. The summed E-state index contributed by atoms with van der Waals surface area (Å²) in [5, 5.41) is -0.189. The van der Waals surface area contributed by atoms with Gasteiger partial charge in [0.05, 0.1) is 10.6 Å². The van der Waals surface area contributed by atoms with Gasteiger partial charge in [0, 0.05) is 10.6 Å². The van der Waals surface area contributed by atoms with Crippen LogP contribution < -0.4 is 0 Å². The molecular formula is C16H14ClNO3S2. The molecule has 23 heavy (non-hydrogen) atoms. The molecule has 0 radical (unpaired) electrons. The molecule has 1 unspecified atom stereocenters. The first kappa shape index (κ1) is 16.4. The first-order valence-electron chi connectivity index (χ1n) is 6.91. The summed E-state index contributed by atoms with van der Waals surface area (Å²) >= 11 is 7.45. The highest BCUT2D eigenvalue weighted by Crippen LogP contribution is 2.44. The number of hydrogen-bond donors (Lipinski definition) is 0. The molecule has 120 valence electrons. The Kier molecular flexibility index (Phi) is 4.40. The number of nitrogens with zero attached hydrogens (tertiary/aromatic N) is 1. The second-order valence-corrected chi connectivity index (χ2v) is 8.48. The summed E-state index contributed by atoms with van der Waals surface area (Å²) in [5.74, 6) is -0.318. The van der Waals surface area contributed by atoms with E-state index in [0.29, 0.717) is 10.6 Å². The zero-order valence-electron chi connectivity index (χ0n) is 12.3. The van der Waals surface area contributed by atoms with Crippen molar-refractivity contribution in [1.82, 2.24) is 4.31 Å². The molecule has 0 aromatic heterocycles. The van der Waals surface area contributed by atoms with E-state index in [1.165, 1.54) is 23.9 Å². The second kappa shape index (κ2) is 6.19. The lowest BCUT2D eigenvalue weighted by atomic mass is 10.2. The van der Waals surface area contributed by atoms with Crippen LogP contribution in [0.25, 0.3) is 0 Å². The van der Waals surface area contributed by atoms with Gasteiger partial charge in [-0.2, -0.15) is 0 Å². The molecule has 1 heterocycles. The van der Waals surface area contributed by atoms with Crippen molar-refractivity contribution in [2.45, 2.75) is 17.2 Å². The average Bonchev–Trinajstić information content (AvgIpc) is 2.90. The number of sulfonamides is 1. The molecular weight excluding hydrogens is 354 g/mol. The van der Waals surface area contributed by atoms with Crippen LogP contribution in [-0.4, -0.2) is 24.4 Å². The van der Waals surface area contributed by atoms with Gasteiger partial charge in [-0.25, -0.2) is 12.7 Å². The molecule has 7 heteroatoms. The molecule has 1 atom stereocenters. The lowest BCUT2D eigenvalue weighted by Crippen LogP contribution is -2.34. The van der Waals surface area contributed by atoms with Gasteiger partial charge in [0.15, 0.2) is 0 Å². The van der Waals surface area contributed by atoms with Crippen molar-refractivity contribution in [2.75, 3.05) is 5.75 Å². The Hall–Kier alpha value is -1.50. The Morgan fingerprint density at radius 2 is 1.78 bits per heavy atom. The van der Waals surface area contributed by atoms with Gasteiger partial charge in [0.2, 0.25) is 5.91 Å². The maximum atomic E-state index is 12.9. The molecule has 3 rings (SSSR count). The number of carbonyl (C=O) groups is 1. The molecule has 0 bridgehead atoms. The molecule has 1 fully saturated rings. The smallest absolute Gasteiger partial charge is 0.267 e. The minimum Gasteiger partial charge on any atom is -0.273 e. The maximum Gasteiger partial charge on any atom is 0.267 e. The minimum absolute atomic E-state index is 0.107. The molecule has 1 aliphatic rings. The molecule has 1 aliphatic heterocycles. The molecule has 4 nitrogen and oxygen atoms in total. The van der Waals surface area contributed by atoms with Crippen molar-refractivity contribution in [3.63, 3.8) is 0 Å². The van der Waals surface area contributed by atoms with E-state index in [1.54, 1.807) is 36.4 Å². The van der Waals surface area contributed by atoms with Gasteiger partial charge >= 0.3 is 0 Å². The zero-order valence-corrected chi connectivity index (χ0v) is 14.7. The standard InChI is InChI=1S/C16H14ClNO3S2/c1-11-6-8-12(9-7-11)23(20,21)18-15(19)10-22-16(18)13-4-2-3-5-14(13)17/h2-9,16H,10H2,1H3. The van der Waals surface area contributed by atoms with Crippen LogP contribution in [0.1, 0.15) is 16.5 Å². The highest BCUT2D eigenvalue weighted by atomic mass is 35.5. The van der Waals surface area contributed by atoms with Crippen molar-refractivity contribution in [3.05, 3.63) is 64.7 Å². The highest BCUT2D eigenvalue weighted by Gasteiger charge is 2.42. The fourth-order valence-electron chi connectivity index (χ4n) is 2.39. The minimum atomic E-state index is -3.91. The van der Waals surface area contributed by atoms with Crippen LogP contribution in [0.3, 0.4) is 0 Å². The van der Waals surface area contributed by atoms with Gasteiger partial charge in [-0.1, -0.05) is 47.5 Å². The molecule has 1 amide bonds. The van der Waals surface area contributed by atoms with Gasteiger partial charge in [0.25, 0.3) is 10.0 Å². The summed E-state index contributed by atoms with van der Waals surface area (Å²) in [5.41, 5.74) is 1.58. The number of aryl methyl sites for hydroxylation is 1. The topological polar surface area (TPSA) is 54.5 Å². The number of benzene rings is 2. The molecule has 0 spiro atoms. The largest absolute Gasteiger partial charge is 0.273 e. The molecule has 0 saturated carbocycles. The Morgan fingerprint density at radius 3 is 2.43 bits per heavy atom. The predicted molar refractivity (Wildman–Crippen MR) is 91.9 cm³/mol. The fraction of sp³-hybridized carbons (Fsp3) is 0.188. The highest BCUT2D eigenvalue weighted by molar-refractivity contribution is 8.02. The van der Waals surface area contributed by atoms with Crippen molar-refractivity contribution >= 4 is 39.3 Å². The second-order valence-electron chi connectivity index (χ2n) is 5.19. The summed E-state index contributed by atoms with van der Waals surface area (Å²) in [7, 11) is -3.91. The van der Waals surface area contributed by atoms with Crippen LogP contribution in [0.4, 0.5) is 0 Å². The van der Waals surface area contributed by atoms with E-state index >= 15 is 0 Å². The normalized spacial score (nSPS) is 18.4. The molecule has 2 aromatic rings. The fourth-order valence-corrected chi connectivity index (χ4v) is 5.78. The first-order valence-corrected chi connectivity index (χ1v) is 9.78. The van der Waals surface area contributed by atoms with Crippen molar-refractivity contribution in [3.8, 4) is 0 Å². The number of carbonyl (C=O) groups excluding carboxylic acids is 1. The van der Waals surface area contributed by atoms with Crippen molar-refractivity contribution in [2.24, 2.45) is 0 Å². The Morgan fingerprint density at radius 1 is 1.13 bits per heavy atom. The molecule has 1 saturated heterocycles. The van der Waals surface area contributed by atoms with E-state index in [9.17, 15) is 13.2 Å². The third-order valence-corrected chi connectivity index (χ3v) is 7.04. The van der Waals surface area contributed by atoms with Gasteiger partial charge in [-0.3, -0.25) is 4.79 Å². The Balaban J connectivity index is 2.06. The lowest BCUT2D eigenvalue weighted by Gasteiger charge is -2.24. The monoisotopic (exact) mass is 367 g/mol. The Labute approximate surface area is 144 Å². The number of rotatable bonds is 3. The summed E-state index contributed by atoms with van der Waals surface area (Å²) in [6, 6.07) is 13.5.